The van der Waals surface area contributed by atoms with Gasteiger partial charge in [-0.3, -0.25) is 0 Å². The fraction of sp³-hybridized carbons (Fsp3) is 0.438. The summed E-state index contributed by atoms with van der Waals surface area (Å²) >= 11 is 0. The van der Waals surface area contributed by atoms with Gasteiger partial charge in [0.15, 0.2) is 11.5 Å². The highest BCUT2D eigenvalue weighted by molar-refractivity contribution is 5.45. The van der Waals surface area contributed by atoms with Gasteiger partial charge in [-0.05, 0) is 24.2 Å². The lowest BCUT2D eigenvalue weighted by atomic mass is 10.0. The molecule has 0 fully saturated rings. The Morgan fingerprint density at radius 2 is 2.10 bits per heavy atom. The highest BCUT2D eigenvalue weighted by Gasteiger charge is 2.19. The molecule has 5 heteroatoms. The van der Waals surface area contributed by atoms with E-state index in [1.807, 2.05) is 30.2 Å². The first-order valence-electron chi connectivity index (χ1n) is 7.38. The minimum atomic E-state index is 0.0969. The van der Waals surface area contributed by atoms with Crippen LogP contribution in [0.3, 0.4) is 0 Å². The van der Waals surface area contributed by atoms with Crippen molar-refractivity contribution in [2.75, 3.05) is 19.8 Å². The van der Waals surface area contributed by atoms with Gasteiger partial charge in [-0.1, -0.05) is 13.0 Å². The van der Waals surface area contributed by atoms with E-state index in [1.165, 1.54) is 0 Å². The molecule has 1 atom stereocenters. The van der Waals surface area contributed by atoms with Crippen LogP contribution in [0.4, 0.5) is 0 Å². The molecule has 3 rings (SSSR count). The molecular weight excluding hydrogens is 266 g/mol. The second-order valence-electron chi connectivity index (χ2n) is 5.18. The van der Waals surface area contributed by atoms with Crippen molar-refractivity contribution in [2.24, 2.45) is 7.05 Å². The van der Waals surface area contributed by atoms with Crippen LogP contribution in [0.25, 0.3) is 0 Å². The molecule has 5 nitrogen and oxygen atoms in total. The van der Waals surface area contributed by atoms with Crippen molar-refractivity contribution >= 4 is 0 Å². The van der Waals surface area contributed by atoms with Gasteiger partial charge in [-0.2, -0.15) is 0 Å². The first kappa shape index (κ1) is 13.9. The average Bonchev–Trinajstić information content (AvgIpc) is 2.78. The average molecular weight is 287 g/mol. The van der Waals surface area contributed by atoms with E-state index in [9.17, 15) is 0 Å². The summed E-state index contributed by atoms with van der Waals surface area (Å²) in [7, 11) is 2.01. The molecule has 2 aromatic rings. The first-order chi connectivity index (χ1) is 10.3. The van der Waals surface area contributed by atoms with E-state index in [0.29, 0.717) is 13.2 Å². The monoisotopic (exact) mass is 287 g/mol. The molecule has 1 aromatic heterocycles. The van der Waals surface area contributed by atoms with Crippen LogP contribution in [0.1, 0.15) is 30.6 Å². The molecule has 0 amide bonds. The van der Waals surface area contributed by atoms with Crippen LogP contribution in [0.2, 0.25) is 0 Å². The Balaban J connectivity index is 1.96. The lowest BCUT2D eigenvalue weighted by Gasteiger charge is -2.20. The maximum Gasteiger partial charge on any atom is 0.161 e. The standard InChI is InChI=1S/C16H21N3O2/c1-3-18-16(13-10-17-11-19(13)2)12-5-6-14-15(9-12)21-8-4-7-20-14/h5-6,9-11,16,18H,3-4,7-8H2,1-2H3. The van der Waals surface area contributed by atoms with Crippen LogP contribution in [-0.2, 0) is 7.05 Å². The van der Waals surface area contributed by atoms with Crippen LogP contribution in [0, 0.1) is 0 Å². The summed E-state index contributed by atoms with van der Waals surface area (Å²) in [5, 5.41) is 3.51. The van der Waals surface area contributed by atoms with Crippen molar-refractivity contribution in [3.63, 3.8) is 0 Å². The number of imidazole rings is 1. The largest absolute Gasteiger partial charge is 0.490 e. The Morgan fingerprint density at radius 1 is 1.29 bits per heavy atom. The molecule has 1 unspecified atom stereocenters. The fourth-order valence-electron chi connectivity index (χ4n) is 2.60. The van der Waals surface area contributed by atoms with Crippen LogP contribution < -0.4 is 14.8 Å². The predicted molar refractivity (Wildman–Crippen MR) is 80.8 cm³/mol. The molecule has 1 aliphatic heterocycles. The molecule has 1 aliphatic rings. The summed E-state index contributed by atoms with van der Waals surface area (Å²) in [5.74, 6) is 1.66. The van der Waals surface area contributed by atoms with Gasteiger partial charge in [0.25, 0.3) is 0 Å². The van der Waals surface area contributed by atoms with Crippen molar-refractivity contribution < 1.29 is 9.47 Å². The Hall–Kier alpha value is -2.01. The molecule has 2 heterocycles. The van der Waals surface area contributed by atoms with Gasteiger partial charge in [0.05, 0.1) is 37.5 Å². The Morgan fingerprint density at radius 3 is 2.81 bits per heavy atom. The Bertz CT molecular complexity index is 609. The maximum atomic E-state index is 5.79. The fourth-order valence-corrected chi connectivity index (χ4v) is 2.60. The van der Waals surface area contributed by atoms with Gasteiger partial charge in [0.2, 0.25) is 0 Å². The van der Waals surface area contributed by atoms with E-state index in [2.05, 4.69) is 29.4 Å². The molecule has 0 bridgehead atoms. The predicted octanol–water partition coefficient (Wildman–Crippen LogP) is 2.28. The van der Waals surface area contributed by atoms with Crippen LogP contribution in [0.15, 0.2) is 30.7 Å². The van der Waals surface area contributed by atoms with E-state index in [4.69, 9.17) is 9.47 Å². The van der Waals surface area contributed by atoms with E-state index in [-0.39, 0.29) is 6.04 Å². The highest BCUT2D eigenvalue weighted by Crippen LogP contribution is 2.33. The number of ether oxygens (including phenoxy) is 2. The minimum Gasteiger partial charge on any atom is -0.490 e. The van der Waals surface area contributed by atoms with E-state index < -0.39 is 0 Å². The summed E-state index contributed by atoms with van der Waals surface area (Å²) in [4.78, 5) is 4.22. The third-order valence-electron chi connectivity index (χ3n) is 3.66. The summed E-state index contributed by atoms with van der Waals surface area (Å²) in [5.41, 5.74) is 2.29. The number of hydrogen-bond acceptors (Lipinski definition) is 4. The van der Waals surface area contributed by atoms with Gasteiger partial charge in [-0.25, -0.2) is 4.98 Å². The number of nitrogens with zero attached hydrogens (tertiary/aromatic N) is 2. The van der Waals surface area contributed by atoms with Crippen molar-refractivity contribution in [1.82, 2.24) is 14.9 Å². The second kappa shape index (κ2) is 6.18. The number of aryl methyl sites for hydroxylation is 1. The third kappa shape index (κ3) is 2.88. The summed E-state index contributed by atoms with van der Waals surface area (Å²) < 4.78 is 13.5. The van der Waals surface area contributed by atoms with Gasteiger partial charge in [0.1, 0.15) is 0 Å². The molecule has 1 aromatic carbocycles. The van der Waals surface area contributed by atoms with Gasteiger partial charge < -0.3 is 19.4 Å². The minimum absolute atomic E-state index is 0.0969. The molecule has 0 saturated heterocycles. The first-order valence-corrected chi connectivity index (χ1v) is 7.38. The number of benzene rings is 1. The van der Waals surface area contributed by atoms with Crippen LogP contribution >= 0.6 is 0 Å². The van der Waals surface area contributed by atoms with E-state index in [1.54, 1.807) is 0 Å². The zero-order chi connectivity index (χ0) is 14.7. The van der Waals surface area contributed by atoms with E-state index >= 15 is 0 Å². The molecule has 0 saturated carbocycles. The quantitative estimate of drug-likeness (QED) is 0.937. The highest BCUT2D eigenvalue weighted by atomic mass is 16.5. The SMILES string of the molecule is CCNC(c1ccc2c(c1)OCCCO2)c1cncn1C. The molecule has 1 N–H and O–H groups in total. The van der Waals surface area contributed by atoms with Gasteiger partial charge in [0, 0.05) is 13.5 Å². The Kier molecular flexibility index (Phi) is 4.10. The zero-order valence-corrected chi connectivity index (χ0v) is 12.5. The number of hydrogen-bond donors (Lipinski definition) is 1. The smallest absolute Gasteiger partial charge is 0.161 e. The second-order valence-corrected chi connectivity index (χ2v) is 5.18. The van der Waals surface area contributed by atoms with Crippen LogP contribution in [-0.4, -0.2) is 29.3 Å². The number of rotatable bonds is 4. The third-order valence-corrected chi connectivity index (χ3v) is 3.66. The molecule has 112 valence electrons. The Labute approximate surface area is 124 Å². The molecular formula is C16H21N3O2. The van der Waals surface area contributed by atoms with Crippen molar-refractivity contribution in [3.05, 3.63) is 42.0 Å². The van der Waals surface area contributed by atoms with Gasteiger partial charge in [-0.15, -0.1) is 0 Å². The lowest BCUT2D eigenvalue weighted by molar-refractivity contribution is 0.297. The molecule has 0 spiro atoms. The number of nitrogens with one attached hydrogen (secondary N) is 1. The topological polar surface area (TPSA) is 48.3 Å². The van der Waals surface area contributed by atoms with Crippen molar-refractivity contribution in [3.8, 4) is 11.5 Å². The summed E-state index contributed by atoms with van der Waals surface area (Å²) in [6.07, 6.45) is 4.64. The van der Waals surface area contributed by atoms with Crippen molar-refractivity contribution in [2.45, 2.75) is 19.4 Å². The van der Waals surface area contributed by atoms with Gasteiger partial charge >= 0.3 is 0 Å². The molecule has 21 heavy (non-hydrogen) atoms. The van der Waals surface area contributed by atoms with Crippen molar-refractivity contribution in [1.29, 1.82) is 0 Å². The maximum absolute atomic E-state index is 5.79. The van der Waals surface area contributed by atoms with Crippen LogP contribution in [0.5, 0.6) is 11.5 Å². The molecule has 0 radical (unpaired) electrons. The number of aromatic nitrogens is 2. The van der Waals surface area contributed by atoms with E-state index in [0.717, 1.165) is 35.7 Å². The normalized spacial score (nSPS) is 15.5. The zero-order valence-electron chi connectivity index (χ0n) is 12.5. The summed E-state index contributed by atoms with van der Waals surface area (Å²) in [6, 6.07) is 6.26. The number of fused-ring (bicyclic) bond motifs is 1. The molecule has 0 aliphatic carbocycles. The summed E-state index contributed by atoms with van der Waals surface area (Å²) in [6.45, 7) is 4.40. The lowest BCUT2D eigenvalue weighted by Crippen LogP contribution is -2.24.